The molecule has 4 nitrogen and oxygen atoms in total. The molecule has 5 heteroatoms. The molecule has 1 atom stereocenters. The SMILES string of the molecule is CCCc1nc(Br)cc(NCC(C)(O)CC(C)C)n1. The summed E-state index contributed by atoms with van der Waals surface area (Å²) in [4.78, 5) is 8.76. The van der Waals surface area contributed by atoms with Crippen molar-refractivity contribution in [2.24, 2.45) is 5.92 Å². The van der Waals surface area contributed by atoms with Gasteiger partial charge in [-0.3, -0.25) is 0 Å². The molecule has 1 rings (SSSR count). The summed E-state index contributed by atoms with van der Waals surface area (Å²) in [5.74, 6) is 2.04. The first kappa shape index (κ1) is 16.4. The number of hydrogen-bond acceptors (Lipinski definition) is 4. The fourth-order valence-electron chi connectivity index (χ4n) is 2.12. The molecule has 0 amide bonds. The molecular formula is C14H24BrN3O. The maximum Gasteiger partial charge on any atom is 0.132 e. The van der Waals surface area contributed by atoms with Crippen LogP contribution in [0.25, 0.3) is 0 Å². The molecule has 2 N–H and O–H groups in total. The third-order valence-electron chi connectivity index (χ3n) is 2.71. The molecule has 1 aromatic rings. The van der Waals surface area contributed by atoms with Crippen molar-refractivity contribution in [2.75, 3.05) is 11.9 Å². The minimum absolute atomic E-state index is 0.463. The van der Waals surface area contributed by atoms with Crippen molar-refractivity contribution in [3.05, 3.63) is 16.5 Å². The van der Waals surface area contributed by atoms with E-state index in [4.69, 9.17) is 0 Å². The van der Waals surface area contributed by atoms with E-state index in [1.54, 1.807) is 0 Å². The lowest BCUT2D eigenvalue weighted by Gasteiger charge is -2.25. The van der Waals surface area contributed by atoms with Crippen molar-refractivity contribution in [1.29, 1.82) is 0 Å². The average molecular weight is 330 g/mol. The molecule has 0 fully saturated rings. The Hall–Kier alpha value is -0.680. The summed E-state index contributed by atoms with van der Waals surface area (Å²) in [5, 5.41) is 13.5. The molecular weight excluding hydrogens is 306 g/mol. The Labute approximate surface area is 124 Å². The van der Waals surface area contributed by atoms with Gasteiger partial charge in [-0.25, -0.2) is 9.97 Å². The highest BCUT2D eigenvalue weighted by atomic mass is 79.9. The van der Waals surface area contributed by atoms with Gasteiger partial charge in [0.05, 0.1) is 5.60 Å². The molecule has 0 saturated heterocycles. The molecule has 19 heavy (non-hydrogen) atoms. The summed E-state index contributed by atoms with van der Waals surface area (Å²) in [6, 6.07) is 1.84. The molecule has 0 radical (unpaired) electrons. The van der Waals surface area contributed by atoms with Crippen molar-refractivity contribution in [3.63, 3.8) is 0 Å². The molecule has 0 aliphatic rings. The number of nitrogens with zero attached hydrogens (tertiary/aromatic N) is 2. The lowest BCUT2D eigenvalue weighted by Crippen LogP contribution is -2.35. The molecule has 0 saturated carbocycles. The molecule has 0 aliphatic carbocycles. The second-order valence-electron chi connectivity index (χ2n) is 5.69. The number of anilines is 1. The van der Waals surface area contributed by atoms with E-state index in [1.807, 2.05) is 13.0 Å². The Morgan fingerprint density at radius 2 is 2.11 bits per heavy atom. The van der Waals surface area contributed by atoms with Crippen LogP contribution in [0.3, 0.4) is 0 Å². The second kappa shape index (κ2) is 7.20. The Morgan fingerprint density at radius 1 is 1.42 bits per heavy atom. The van der Waals surface area contributed by atoms with Gasteiger partial charge in [0.15, 0.2) is 0 Å². The summed E-state index contributed by atoms with van der Waals surface area (Å²) in [6.07, 6.45) is 2.63. The summed E-state index contributed by atoms with van der Waals surface area (Å²) in [5.41, 5.74) is -0.726. The van der Waals surface area contributed by atoms with Crippen LogP contribution in [0.5, 0.6) is 0 Å². The Bertz CT molecular complexity index is 408. The highest BCUT2D eigenvalue weighted by molar-refractivity contribution is 9.10. The number of halogens is 1. The zero-order valence-electron chi connectivity index (χ0n) is 12.2. The van der Waals surface area contributed by atoms with Gasteiger partial charge >= 0.3 is 0 Å². The molecule has 0 spiro atoms. The van der Waals surface area contributed by atoms with E-state index >= 15 is 0 Å². The number of rotatable bonds is 7. The van der Waals surface area contributed by atoms with Crippen molar-refractivity contribution in [1.82, 2.24) is 9.97 Å². The summed E-state index contributed by atoms with van der Waals surface area (Å²) >= 11 is 3.39. The van der Waals surface area contributed by atoms with Crippen LogP contribution in [-0.4, -0.2) is 27.2 Å². The fourth-order valence-corrected chi connectivity index (χ4v) is 2.54. The number of hydrogen-bond donors (Lipinski definition) is 2. The van der Waals surface area contributed by atoms with Gasteiger partial charge in [-0.2, -0.15) is 0 Å². The predicted octanol–water partition coefficient (Wildman–Crippen LogP) is 3.40. The maximum absolute atomic E-state index is 10.3. The van der Waals surface area contributed by atoms with E-state index in [2.05, 4.69) is 52.0 Å². The highest BCUT2D eigenvalue weighted by Crippen LogP contribution is 2.18. The van der Waals surface area contributed by atoms with Crippen molar-refractivity contribution < 1.29 is 5.11 Å². The molecule has 0 aromatic carbocycles. The minimum Gasteiger partial charge on any atom is -0.388 e. The number of aromatic nitrogens is 2. The lowest BCUT2D eigenvalue weighted by atomic mass is 9.94. The van der Waals surface area contributed by atoms with Crippen LogP contribution in [0, 0.1) is 5.92 Å². The Morgan fingerprint density at radius 3 is 2.68 bits per heavy atom. The van der Waals surface area contributed by atoms with Gasteiger partial charge in [-0.1, -0.05) is 20.8 Å². The van der Waals surface area contributed by atoms with Crippen molar-refractivity contribution >= 4 is 21.7 Å². The summed E-state index contributed by atoms with van der Waals surface area (Å²) in [7, 11) is 0. The second-order valence-corrected chi connectivity index (χ2v) is 6.50. The smallest absolute Gasteiger partial charge is 0.132 e. The zero-order valence-corrected chi connectivity index (χ0v) is 13.8. The van der Waals surface area contributed by atoms with Gasteiger partial charge in [-0.05, 0) is 41.6 Å². The van der Waals surface area contributed by atoms with E-state index in [-0.39, 0.29) is 0 Å². The topological polar surface area (TPSA) is 58.0 Å². The van der Waals surface area contributed by atoms with E-state index in [0.717, 1.165) is 35.5 Å². The Balaban J connectivity index is 2.66. The van der Waals surface area contributed by atoms with Gasteiger partial charge in [-0.15, -0.1) is 0 Å². The van der Waals surface area contributed by atoms with Crippen LogP contribution in [0.4, 0.5) is 5.82 Å². The third kappa shape index (κ3) is 6.34. The highest BCUT2D eigenvalue weighted by Gasteiger charge is 2.21. The monoisotopic (exact) mass is 329 g/mol. The van der Waals surface area contributed by atoms with Gasteiger partial charge < -0.3 is 10.4 Å². The molecule has 1 unspecified atom stereocenters. The molecule has 1 heterocycles. The average Bonchev–Trinajstić information content (AvgIpc) is 2.24. The standard InChI is InChI=1S/C14H24BrN3O/c1-5-6-12-17-11(15)7-13(18-12)16-9-14(4,19)8-10(2)3/h7,10,19H,5-6,8-9H2,1-4H3,(H,16,17,18). The minimum atomic E-state index is -0.726. The Kier molecular flexibility index (Phi) is 6.20. The normalized spacial score (nSPS) is 14.5. The van der Waals surface area contributed by atoms with E-state index in [0.29, 0.717) is 12.5 Å². The first-order valence-electron chi connectivity index (χ1n) is 6.82. The predicted molar refractivity (Wildman–Crippen MR) is 82.3 cm³/mol. The van der Waals surface area contributed by atoms with Crippen LogP contribution < -0.4 is 5.32 Å². The van der Waals surface area contributed by atoms with Gasteiger partial charge in [0.25, 0.3) is 0 Å². The number of aliphatic hydroxyl groups is 1. The van der Waals surface area contributed by atoms with Gasteiger partial charge in [0, 0.05) is 19.0 Å². The van der Waals surface area contributed by atoms with Gasteiger partial charge in [0.2, 0.25) is 0 Å². The molecule has 0 aliphatic heterocycles. The van der Waals surface area contributed by atoms with Crippen LogP contribution in [0.15, 0.2) is 10.7 Å². The maximum atomic E-state index is 10.3. The van der Waals surface area contributed by atoms with E-state index < -0.39 is 5.60 Å². The summed E-state index contributed by atoms with van der Waals surface area (Å²) in [6.45, 7) is 8.65. The molecule has 1 aromatic heterocycles. The zero-order chi connectivity index (χ0) is 14.5. The largest absolute Gasteiger partial charge is 0.388 e. The quantitative estimate of drug-likeness (QED) is 0.753. The third-order valence-corrected chi connectivity index (χ3v) is 3.12. The van der Waals surface area contributed by atoms with Crippen LogP contribution in [0.1, 0.15) is 46.4 Å². The molecule has 108 valence electrons. The van der Waals surface area contributed by atoms with E-state index in [9.17, 15) is 5.11 Å². The van der Waals surface area contributed by atoms with Gasteiger partial charge in [0.1, 0.15) is 16.2 Å². The lowest BCUT2D eigenvalue weighted by molar-refractivity contribution is 0.0514. The first-order valence-corrected chi connectivity index (χ1v) is 7.61. The fraction of sp³-hybridized carbons (Fsp3) is 0.714. The molecule has 0 bridgehead atoms. The first-order chi connectivity index (χ1) is 8.82. The number of aryl methyl sites for hydroxylation is 1. The summed E-state index contributed by atoms with van der Waals surface area (Å²) < 4.78 is 0.775. The van der Waals surface area contributed by atoms with E-state index in [1.165, 1.54) is 0 Å². The van der Waals surface area contributed by atoms with Crippen molar-refractivity contribution in [3.8, 4) is 0 Å². The van der Waals surface area contributed by atoms with Crippen LogP contribution in [-0.2, 0) is 6.42 Å². The van der Waals surface area contributed by atoms with Crippen LogP contribution in [0.2, 0.25) is 0 Å². The van der Waals surface area contributed by atoms with Crippen molar-refractivity contribution in [2.45, 2.75) is 52.6 Å². The number of nitrogens with one attached hydrogen (secondary N) is 1. The van der Waals surface area contributed by atoms with Crippen LogP contribution >= 0.6 is 15.9 Å².